The Hall–Kier alpha value is -0.490. The summed E-state index contributed by atoms with van der Waals surface area (Å²) in [6, 6.07) is 0.938. The molecule has 1 saturated heterocycles. The lowest BCUT2D eigenvalue weighted by Gasteiger charge is -2.25. The predicted octanol–water partition coefficient (Wildman–Crippen LogP) is 2.05. The first-order valence-electron chi connectivity index (χ1n) is 7.74. The first-order chi connectivity index (χ1) is 9.69. The SMILES string of the molecule is CNC1CCCc2sc(C3CN(C)CCCN3C)nc21. The molecular weight excluding hydrogens is 268 g/mol. The van der Waals surface area contributed by atoms with Crippen LogP contribution in [0.1, 0.15) is 46.9 Å². The maximum Gasteiger partial charge on any atom is 0.112 e. The van der Waals surface area contributed by atoms with Crippen molar-refractivity contribution in [3.05, 3.63) is 15.6 Å². The Labute approximate surface area is 126 Å². The Bertz CT molecular complexity index is 459. The molecule has 5 heteroatoms. The number of likely N-dealkylation sites (N-methyl/N-ethyl adjacent to an activating group) is 2. The third kappa shape index (κ3) is 2.77. The highest BCUT2D eigenvalue weighted by molar-refractivity contribution is 7.11. The predicted molar refractivity (Wildman–Crippen MR) is 84.3 cm³/mol. The highest BCUT2D eigenvalue weighted by Crippen LogP contribution is 2.36. The molecule has 4 nitrogen and oxygen atoms in total. The molecule has 1 aromatic rings. The highest BCUT2D eigenvalue weighted by atomic mass is 32.1. The summed E-state index contributed by atoms with van der Waals surface area (Å²) >= 11 is 1.96. The van der Waals surface area contributed by atoms with Crippen molar-refractivity contribution >= 4 is 11.3 Å². The van der Waals surface area contributed by atoms with Gasteiger partial charge in [0, 0.05) is 11.4 Å². The van der Waals surface area contributed by atoms with Gasteiger partial charge in [0.1, 0.15) is 5.01 Å². The molecule has 112 valence electrons. The third-order valence-corrected chi connectivity index (χ3v) is 5.90. The number of nitrogens with one attached hydrogen (secondary N) is 1. The van der Waals surface area contributed by atoms with E-state index in [1.807, 2.05) is 11.3 Å². The number of thiazole rings is 1. The van der Waals surface area contributed by atoms with Gasteiger partial charge in [-0.25, -0.2) is 4.98 Å². The van der Waals surface area contributed by atoms with Crippen molar-refractivity contribution in [1.82, 2.24) is 20.1 Å². The van der Waals surface area contributed by atoms with Crippen LogP contribution in [0.4, 0.5) is 0 Å². The van der Waals surface area contributed by atoms with Crippen molar-refractivity contribution in [3.63, 3.8) is 0 Å². The molecule has 3 rings (SSSR count). The summed E-state index contributed by atoms with van der Waals surface area (Å²) in [5.41, 5.74) is 1.33. The zero-order valence-electron chi connectivity index (χ0n) is 12.9. The van der Waals surface area contributed by atoms with Gasteiger partial charge in [-0.2, -0.15) is 0 Å². The Morgan fingerprint density at radius 1 is 1.25 bits per heavy atom. The van der Waals surface area contributed by atoms with E-state index in [1.54, 1.807) is 0 Å². The number of hydrogen-bond donors (Lipinski definition) is 1. The second kappa shape index (κ2) is 6.10. The molecule has 1 aromatic heterocycles. The van der Waals surface area contributed by atoms with Crippen molar-refractivity contribution in [1.29, 1.82) is 0 Å². The molecule has 1 N–H and O–H groups in total. The summed E-state index contributed by atoms with van der Waals surface area (Å²) in [7, 11) is 6.54. The first kappa shape index (κ1) is 14.4. The number of rotatable bonds is 2. The Kier molecular flexibility index (Phi) is 4.40. The van der Waals surface area contributed by atoms with Crippen LogP contribution in [-0.4, -0.2) is 55.6 Å². The Morgan fingerprint density at radius 2 is 2.10 bits per heavy atom. The van der Waals surface area contributed by atoms with Crippen LogP contribution in [0.25, 0.3) is 0 Å². The molecular formula is C15H26N4S. The minimum Gasteiger partial charge on any atom is -0.312 e. The molecule has 0 amide bonds. The van der Waals surface area contributed by atoms with Gasteiger partial charge in [-0.1, -0.05) is 0 Å². The van der Waals surface area contributed by atoms with Crippen LogP contribution in [0, 0.1) is 0 Å². The summed E-state index contributed by atoms with van der Waals surface area (Å²) < 4.78 is 0. The Morgan fingerprint density at radius 3 is 2.90 bits per heavy atom. The molecule has 0 saturated carbocycles. The van der Waals surface area contributed by atoms with Crippen LogP contribution in [-0.2, 0) is 6.42 Å². The molecule has 1 aliphatic heterocycles. The quantitative estimate of drug-likeness (QED) is 0.904. The average molecular weight is 294 g/mol. The van der Waals surface area contributed by atoms with E-state index in [1.165, 1.54) is 54.4 Å². The Balaban J connectivity index is 1.88. The van der Waals surface area contributed by atoms with Crippen LogP contribution in [0.3, 0.4) is 0 Å². The summed E-state index contributed by atoms with van der Waals surface area (Å²) in [6.45, 7) is 3.48. The van der Waals surface area contributed by atoms with Gasteiger partial charge in [0.05, 0.1) is 17.8 Å². The highest BCUT2D eigenvalue weighted by Gasteiger charge is 2.29. The van der Waals surface area contributed by atoms with E-state index < -0.39 is 0 Å². The van der Waals surface area contributed by atoms with Crippen molar-refractivity contribution in [2.45, 2.75) is 37.8 Å². The van der Waals surface area contributed by atoms with E-state index in [0.717, 1.165) is 6.54 Å². The largest absolute Gasteiger partial charge is 0.312 e. The molecule has 2 atom stereocenters. The lowest BCUT2D eigenvalue weighted by molar-refractivity contribution is 0.228. The standard InChI is InChI=1S/C15H26N4S/c1-16-11-6-4-7-13-14(11)17-15(20-13)12-10-18(2)8-5-9-19(12)3/h11-12,16H,4-10H2,1-3H3. The van der Waals surface area contributed by atoms with Crippen molar-refractivity contribution in [2.24, 2.45) is 0 Å². The second-order valence-electron chi connectivity index (χ2n) is 6.21. The lowest BCUT2D eigenvalue weighted by Crippen LogP contribution is -2.30. The van der Waals surface area contributed by atoms with E-state index in [4.69, 9.17) is 4.98 Å². The molecule has 0 radical (unpaired) electrons. The lowest BCUT2D eigenvalue weighted by atomic mass is 9.98. The van der Waals surface area contributed by atoms with Crippen molar-refractivity contribution in [3.8, 4) is 0 Å². The number of aryl methyl sites for hydroxylation is 1. The topological polar surface area (TPSA) is 31.4 Å². The molecule has 0 spiro atoms. The number of hydrogen-bond acceptors (Lipinski definition) is 5. The second-order valence-corrected chi connectivity index (χ2v) is 7.32. The molecule has 0 aromatic carbocycles. The minimum absolute atomic E-state index is 0.468. The van der Waals surface area contributed by atoms with Gasteiger partial charge < -0.3 is 10.2 Å². The maximum absolute atomic E-state index is 5.04. The zero-order chi connectivity index (χ0) is 14.1. The normalized spacial score (nSPS) is 29.1. The van der Waals surface area contributed by atoms with E-state index in [-0.39, 0.29) is 0 Å². The van der Waals surface area contributed by atoms with Crippen LogP contribution >= 0.6 is 11.3 Å². The van der Waals surface area contributed by atoms with Crippen LogP contribution in [0.5, 0.6) is 0 Å². The molecule has 0 bridgehead atoms. The van der Waals surface area contributed by atoms with Crippen molar-refractivity contribution < 1.29 is 0 Å². The van der Waals surface area contributed by atoms with Crippen LogP contribution in [0.2, 0.25) is 0 Å². The fraction of sp³-hybridized carbons (Fsp3) is 0.800. The van der Waals surface area contributed by atoms with Gasteiger partial charge in [-0.15, -0.1) is 11.3 Å². The van der Waals surface area contributed by atoms with E-state index in [2.05, 4.69) is 36.3 Å². The fourth-order valence-corrected chi connectivity index (χ4v) is 4.73. The number of aromatic nitrogens is 1. The van der Waals surface area contributed by atoms with E-state index in [0.29, 0.717) is 12.1 Å². The first-order valence-corrected chi connectivity index (χ1v) is 8.56. The zero-order valence-corrected chi connectivity index (χ0v) is 13.7. The summed E-state index contributed by atoms with van der Waals surface area (Å²) in [6.07, 6.45) is 5.00. The van der Waals surface area contributed by atoms with Gasteiger partial charge in [0.25, 0.3) is 0 Å². The molecule has 1 fully saturated rings. The maximum atomic E-state index is 5.04. The molecule has 2 unspecified atom stereocenters. The molecule has 2 heterocycles. The summed E-state index contributed by atoms with van der Waals surface area (Å²) in [5, 5.41) is 4.76. The number of fused-ring (bicyclic) bond motifs is 1. The van der Waals surface area contributed by atoms with Gasteiger partial charge in [0.15, 0.2) is 0 Å². The van der Waals surface area contributed by atoms with E-state index >= 15 is 0 Å². The monoisotopic (exact) mass is 294 g/mol. The smallest absolute Gasteiger partial charge is 0.112 e. The average Bonchev–Trinajstić information content (AvgIpc) is 2.80. The van der Waals surface area contributed by atoms with Gasteiger partial charge in [-0.05, 0) is 59.9 Å². The van der Waals surface area contributed by atoms with Gasteiger partial charge >= 0.3 is 0 Å². The minimum atomic E-state index is 0.468. The van der Waals surface area contributed by atoms with E-state index in [9.17, 15) is 0 Å². The van der Waals surface area contributed by atoms with Crippen molar-refractivity contribution in [2.75, 3.05) is 40.8 Å². The fourth-order valence-electron chi connectivity index (χ4n) is 3.40. The molecule has 20 heavy (non-hydrogen) atoms. The number of nitrogens with zero attached hydrogens (tertiary/aromatic N) is 3. The molecule has 2 aliphatic rings. The van der Waals surface area contributed by atoms with Gasteiger partial charge in [-0.3, -0.25) is 4.90 Å². The van der Waals surface area contributed by atoms with Crippen LogP contribution < -0.4 is 5.32 Å². The summed E-state index contributed by atoms with van der Waals surface area (Å²) in [5.74, 6) is 0. The molecule has 1 aliphatic carbocycles. The van der Waals surface area contributed by atoms with Gasteiger partial charge in [0.2, 0.25) is 0 Å². The summed E-state index contributed by atoms with van der Waals surface area (Å²) in [4.78, 5) is 11.5. The third-order valence-electron chi connectivity index (χ3n) is 4.67. The van der Waals surface area contributed by atoms with Crippen LogP contribution in [0.15, 0.2) is 0 Å².